The van der Waals surface area contributed by atoms with Crippen LogP contribution < -0.4 is 0 Å². The van der Waals surface area contributed by atoms with Crippen LogP contribution in [0.15, 0.2) is 24.3 Å². The molecule has 1 aromatic rings. The van der Waals surface area contributed by atoms with E-state index < -0.39 is 18.2 Å². The van der Waals surface area contributed by atoms with Gasteiger partial charge in [-0.25, -0.2) is 4.79 Å². The molecule has 0 saturated carbocycles. The van der Waals surface area contributed by atoms with E-state index in [2.05, 4.69) is 0 Å². The Balaban J connectivity index is 2.52. The molecule has 0 aliphatic heterocycles. The van der Waals surface area contributed by atoms with Gasteiger partial charge < -0.3 is 9.47 Å². The minimum Gasteiger partial charge on any atom is -0.459 e. The molecule has 0 amide bonds. The molecule has 118 valence electrons. The molecule has 1 aromatic carbocycles. The van der Waals surface area contributed by atoms with Crippen LogP contribution in [-0.2, 0) is 14.3 Å². The van der Waals surface area contributed by atoms with E-state index in [0.29, 0.717) is 17.5 Å². The molecule has 0 heterocycles. The van der Waals surface area contributed by atoms with Crippen molar-refractivity contribution in [3.8, 4) is 6.07 Å². The highest BCUT2D eigenvalue weighted by Gasteiger charge is 2.21. The van der Waals surface area contributed by atoms with Gasteiger partial charge >= 0.3 is 11.9 Å². The molecule has 5 heteroatoms. The van der Waals surface area contributed by atoms with Crippen molar-refractivity contribution in [1.29, 1.82) is 5.26 Å². The normalized spacial score (nSPS) is 12.8. The summed E-state index contributed by atoms with van der Waals surface area (Å²) in [5.41, 5.74) is 0.832. The first-order valence-corrected chi connectivity index (χ1v) is 7.38. The second kappa shape index (κ2) is 8.83. The Morgan fingerprint density at radius 2 is 1.73 bits per heavy atom. The van der Waals surface area contributed by atoms with E-state index in [-0.39, 0.29) is 5.97 Å². The van der Waals surface area contributed by atoms with Gasteiger partial charge in [-0.15, -0.1) is 0 Å². The van der Waals surface area contributed by atoms with Crippen molar-refractivity contribution < 1.29 is 19.1 Å². The molecular formula is C17H21NO4. The molecule has 0 saturated heterocycles. The molecule has 1 rings (SSSR count). The van der Waals surface area contributed by atoms with Crippen LogP contribution in [0, 0.1) is 11.3 Å². The summed E-state index contributed by atoms with van der Waals surface area (Å²) in [5.74, 6) is -0.788. The number of carbonyl (C=O) groups excluding carboxylic acids is 2. The summed E-state index contributed by atoms with van der Waals surface area (Å²) in [6.45, 7) is 5.37. The monoisotopic (exact) mass is 303 g/mol. The highest BCUT2D eigenvalue weighted by atomic mass is 16.6. The average molecular weight is 303 g/mol. The van der Waals surface area contributed by atoms with Crippen LogP contribution in [0.3, 0.4) is 0 Å². The highest BCUT2D eigenvalue weighted by Crippen LogP contribution is 2.11. The van der Waals surface area contributed by atoms with E-state index in [4.69, 9.17) is 14.7 Å². The van der Waals surface area contributed by atoms with Gasteiger partial charge in [-0.3, -0.25) is 4.79 Å². The van der Waals surface area contributed by atoms with Crippen molar-refractivity contribution in [2.24, 2.45) is 0 Å². The number of ether oxygens (including phenoxy) is 2. The van der Waals surface area contributed by atoms with Crippen molar-refractivity contribution in [1.82, 2.24) is 0 Å². The number of unbranched alkanes of at least 4 members (excludes halogenated alkanes) is 1. The van der Waals surface area contributed by atoms with E-state index >= 15 is 0 Å². The van der Waals surface area contributed by atoms with Crippen molar-refractivity contribution in [2.75, 3.05) is 0 Å². The topological polar surface area (TPSA) is 76.4 Å². The molecule has 0 aliphatic rings. The molecule has 0 spiro atoms. The molecule has 0 N–H and O–H groups in total. The van der Waals surface area contributed by atoms with Gasteiger partial charge in [0.05, 0.1) is 17.2 Å². The van der Waals surface area contributed by atoms with Crippen molar-refractivity contribution in [3.05, 3.63) is 35.4 Å². The third-order valence-corrected chi connectivity index (χ3v) is 3.26. The first-order valence-electron chi connectivity index (χ1n) is 7.38. The highest BCUT2D eigenvalue weighted by molar-refractivity contribution is 5.89. The SMILES string of the molecule is CCCCC(=O)OC(C)C(C)OC(=O)c1ccc(C#N)cc1. The van der Waals surface area contributed by atoms with Crippen LogP contribution in [0.1, 0.15) is 56.0 Å². The van der Waals surface area contributed by atoms with Crippen LogP contribution in [0.5, 0.6) is 0 Å². The molecule has 0 aromatic heterocycles. The Hall–Kier alpha value is -2.35. The van der Waals surface area contributed by atoms with E-state index in [9.17, 15) is 9.59 Å². The third-order valence-electron chi connectivity index (χ3n) is 3.26. The number of nitrogens with zero attached hydrogens (tertiary/aromatic N) is 1. The van der Waals surface area contributed by atoms with Gasteiger partial charge in [0.1, 0.15) is 12.2 Å². The molecule has 2 atom stereocenters. The fourth-order valence-corrected chi connectivity index (χ4v) is 1.70. The summed E-state index contributed by atoms with van der Waals surface area (Å²) in [6.07, 6.45) is 1.02. The van der Waals surface area contributed by atoms with Crippen LogP contribution in [0.4, 0.5) is 0 Å². The number of esters is 2. The standard InChI is InChI=1S/C17H21NO4/c1-4-5-6-16(19)21-12(2)13(3)22-17(20)15-9-7-14(11-18)8-10-15/h7-10,12-13H,4-6H2,1-3H3. The minimum atomic E-state index is -0.547. The fourth-order valence-electron chi connectivity index (χ4n) is 1.70. The van der Waals surface area contributed by atoms with E-state index in [1.54, 1.807) is 26.0 Å². The fraction of sp³-hybridized carbons (Fsp3) is 0.471. The Labute approximate surface area is 130 Å². The third kappa shape index (κ3) is 5.57. The molecule has 22 heavy (non-hydrogen) atoms. The zero-order valence-corrected chi connectivity index (χ0v) is 13.2. The summed E-state index contributed by atoms with van der Waals surface area (Å²) < 4.78 is 10.5. The lowest BCUT2D eigenvalue weighted by Crippen LogP contribution is -2.30. The number of carbonyl (C=O) groups is 2. The maximum atomic E-state index is 12.0. The lowest BCUT2D eigenvalue weighted by molar-refractivity contribution is -0.153. The largest absolute Gasteiger partial charge is 0.459 e. The van der Waals surface area contributed by atoms with Crippen molar-refractivity contribution >= 4 is 11.9 Å². The Bertz CT molecular complexity index is 545. The smallest absolute Gasteiger partial charge is 0.338 e. The van der Waals surface area contributed by atoms with E-state index in [1.165, 1.54) is 12.1 Å². The predicted octanol–water partition coefficient (Wildman–Crippen LogP) is 3.23. The zero-order chi connectivity index (χ0) is 16.5. The lowest BCUT2D eigenvalue weighted by atomic mass is 10.1. The number of nitriles is 1. The average Bonchev–Trinajstić information content (AvgIpc) is 2.52. The zero-order valence-electron chi connectivity index (χ0n) is 13.2. The second-order valence-electron chi connectivity index (χ2n) is 5.10. The van der Waals surface area contributed by atoms with Gasteiger partial charge in [0.25, 0.3) is 0 Å². The Morgan fingerprint density at radius 3 is 2.27 bits per heavy atom. The molecule has 5 nitrogen and oxygen atoms in total. The second-order valence-corrected chi connectivity index (χ2v) is 5.10. The minimum absolute atomic E-state index is 0.282. The van der Waals surface area contributed by atoms with Gasteiger partial charge in [0, 0.05) is 6.42 Å². The molecule has 0 bridgehead atoms. The summed E-state index contributed by atoms with van der Waals surface area (Å²) in [7, 11) is 0. The summed E-state index contributed by atoms with van der Waals surface area (Å²) in [4.78, 5) is 23.5. The van der Waals surface area contributed by atoms with Gasteiger partial charge in [-0.05, 0) is 44.5 Å². The molecular weight excluding hydrogens is 282 g/mol. The maximum absolute atomic E-state index is 12.0. The van der Waals surface area contributed by atoms with Crippen LogP contribution in [-0.4, -0.2) is 24.1 Å². The quantitative estimate of drug-likeness (QED) is 0.723. The summed E-state index contributed by atoms with van der Waals surface area (Å²) in [6, 6.07) is 8.15. The Morgan fingerprint density at radius 1 is 1.14 bits per heavy atom. The first kappa shape index (κ1) is 17.7. The summed E-state index contributed by atoms with van der Waals surface area (Å²) in [5, 5.41) is 8.72. The number of hydrogen-bond donors (Lipinski definition) is 0. The van der Waals surface area contributed by atoms with Gasteiger partial charge in [0.2, 0.25) is 0 Å². The maximum Gasteiger partial charge on any atom is 0.338 e. The molecule has 0 aliphatic carbocycles. The predicted molar refractivity (Wildman–Crippen MR) is 81.1 cm³/mol. The molecule has 2 unspecified atom stereocenters. The number of benzene rings is 1. The number of hydrogen-bond acceptors (Lipinski definition) is 5. The molecule has 0 radical (unpaired) electrons. The van der Waals surface area contributed by atoms with Gasteiger partial charge in [-0.1, -0.05) is 13.3 Å². The summed E-state index contributed by atoms with van der Waals surface area (Å²) >= 11 is 0. The lowest BCUT2D eigenvalue weighted by Gasteiger charge is -2.20. The first-order chi connectivity index (χ1) is 10.5. The Kier molecular flexibility index (Phi) is 7.11. The van der Waals surface area contributed by atoms with Gasteiger partial charge in [0.15, 0.2) is 0 Å². The number of rotatable bonds is 7. The van der Waals surface area contributed by atoms with Crippen molar-refractivity contribution in [2.45, 2.75) is 52.2 Å². The van der Waals surface area contributed by atoms with E-state index in [1.807, 2.05) is 13.0 Å². The molecule has 0 fully saturated rings. The van der Waals surface area contributed by atoms with E-state index in [0.717, 1.165) is 12.8 Å². The van der Waals surface area contributed by atoms with Crippen LogP contribution in [0.25, 0.3) is 0 Å². The van der Waals surface area contributed by atoms with Crippen molar-refractivity contribution in [3.63, 3.8) is 0 Å². The van der Waals surface area contributed by atoms with Crippen LogP contribution >= 0.6 is 0 Å². The van der Waals surface area contributed by atoms with Gasteiger partial charge in [-0.2, -0.15) is 5.26 Å². The van der Waals surface area contributed by atoms with Crippen LogP contribution in [0.2, 0.25) is 0 Å².